The lowest BCUT2D eigenvalue weighted by Crippen LogP contribution is -2.43. The van der Waals surface area contributed by atoms with Crippen molar-refractivity contribution in [2.45, 2.75) is 45.0 Å². The second kappa shape index (κ2) is 14.9. The summed E-state index contributed by atoms with van der Waals surface area (Å²) in [7, 11) is 2.12. The number of aliphatic hydroxyl groups excluding tert-OH is 1. The number of carbonyl (C=O) groups is 2. The Bertz CT molecular complexity index is 1930. The van der Waals surface area contributed by atoms with Crippen LogP contribution in [0.4, 0.5) is 0 Å². The number of fused-ring (bicyclic) bond motifs is 1. The summed E-state index contributed by atoms with van der Waals surface area (Å²) in [6.07, 6.45) is 1.73. The highest BCUT2D eigenvalue weighted by Crippen LogP contribution is 2.42. The Morgan fingerprint density at radius 1 is 0.760 bits per heavy atom. The molecule has 4 aromatic carbocycles. The third-order valence-corrected chi connectivity index (χ3v) is 9.73. The zero-order chi connectivity index (χ0) is 34.6. The van der Waals surface area contributed by atoms with Gasteiger partial charge in [0.15, 0.2) is 6.29 Å². The van der Waals surface area contributed by atoms with E-state index in [0.29, 0.717) is 11.1 Å². The van der Waals surface area contributed by atoms with E-state index in [1.165, 1.54) is 4.90 Å². The van der Waals surface area contributed by atoms with E-state index < -0.39 is 6.29 Å². The van der Waals surface area contributed by atoms with Gasteiger partial charge in [0.25, 0.3) is 11.8 Å². The molecule has 0 aliphatic carbocycles. The van der Waals surface area contributed by atoms with Crippen molar-refractivity contribution >= 4 is 11.8 Å². The van der Waals surface area contributed by atoms with Gasteiger partial charge in [0.05, 0.1) is 36.5 Å². The average Bonchev–Trinajstić information content (AvgIpc) is 3.40. The molecule has 0 bridgehead atoms. The van der Waals surface area contributed by atoms with E-state index in [4.69, 9.17) is 9.47 Å². The summed E-state index contributed by atoms with van der Waals surface area (Å²) >= 11 is 0. The van der Waals surface area contributed by atoms with Crippen molar-refractivity contribution in [3.63, 3.8) is 0 Å². The highest BCUT2D eigenvalue weighted by molar-refractivity contribution is 6.21. The number of likely N-dealkylation sites (N-methyl/N-ethyl adjacent to an activating group) is 1. The number of benzene rings is 4. The fourth-order valence-corrected chi connectivity index (χ4v) is 6.86. The van der Waals surface area contributed by atoms with Crippen LogP contribution in [0.2, 0.25) is 0 Å². The maximum absolute atomic E-state index is 13.0. The van der Waals surface area contributed by atoms with E-state index in [2.05, 4.69) is 36.0 Å². The van der Waals surface area contributed by atoms with Crippen molar-refractivity contribution in [1.82, 2.24) is 14.8 Å². The Labute approximate surface area is 292 Å². The number of ether oxygens (including phenoxy) is 2. The van der Waals surface area contributed by atoms with Crippen molar-refractivity contribution in [1.29, 1.82) is 0 Å². The number of carbonyl (C=O) groups excluding carboxylic acids is 2. The first-order valence-electron chi connectivity index (χ1n) is 17.1. The number of hydrogen-bond donors (Lipinski definition) is 1. The molecule has 1 saturated heterocycles. The van der Waals surface area contributed by atoms with E-state index in [9.17, 15) is 14.7 Å². The fraction of sp³-hybridized carbons (Fsp3) is 0.262. The summed E-state index contributed by atoms with van der Waals surface area (Å²) in [6.45, 7) is 3.92. The summed E-state index contributed by atoms with van der Waals surface area (Å²) < 4.78 is 13.5. The van der Waals surface area contributed by atoms with Crippen molar-refractivity contribution in [3.05, 3.63) is 161 Å². The molecule has 1 aromatic heterocycles. The van der Waals surface area contributed by atoms with Gasteiger partial charge in [-0.05, 0) is 71.3 Å². The van der Waals surface area contributed by atoms with Gasteiger partial charge in [0, 0.05) is 42.9 Å². The second-order valence-corrected chi connectivity index (χ2v) is 13.2. The summed E-state index contributed by atoms with van der Waals surface area (Å²) in [5.74, 6) is -0.474. The molecule has 8 heteroatoms. The van der Waals surface area contributed by atoms with Gasteiger partial charge in [-0.15, -0.1) is 0 Å². The van der Waals surface area contributed by atoms with Crippen molar-refractivity contribution < 1.29 is 24.2 Å². The molecule has 1 N–H and O–H groups in total. The molecule has 1 fully saturated rings. The van der Waals surface area contributed by atoms with E-state index in [1.807, 2.05) is 85.1 Å². The maximum Gasteiger partial charge on any atom is 0.261 e. The highest BCUT2D eigenvalue weighted by atomic mass is 16.7. The van der Waals surface area contributed by atoms with Crippen molar-refractivity contribution in [2.75, 3.05) is 20.1 Å². The second-order valence-electron chi connectivity index (χ2n) is 13.2. The Hall–Kier alpha value is -4.99. The first-order chi connectivity index (χ1) is 24.4. The fourth-order valence-electron chi connectivity index (χ4n) is 6.86. The monoisotopic (exact) mass is 667 g/mol. The van der Waals surface area contributed by atoms with Crippen LogP contribution in [0.5, 0.6) is 0 Å². The highest BCUT2D eigenvalue weighted by Gasteiger charge is 2.39. The van der Waals surface area contributed by atoms with Crippen molar-refractivity contribution in [3.8, 4) is 11.1 Å². The number of aliphatic hydroxyl groups is 1. The number of nitrogens with zero attached hydrogens (tertiary/aromatic N) is 3. The molecule has 4 atom stereocenters. The number of pyridine rings is 1. The Morgan fingerprint density at radius 3 is 2.16 bits per heavy atom. The predicted octanol–water partition coefficient (Wildman–Crippen LogP) is 7.00. The molecule has 0 spiro atoms. The third-order valence-electron chi connectivity index (χ3n) is 9.73. The van der Waals surface area contributed by atoms with Crippen LogP contribution < -0.4 is 0 Å². The molecule has 8 nitrogen and oxygen atoms in total. The van der Waals surface area contributed by atoms with Gasteiger partial charge in [-0.2, -0.15) is 0 Å². The molecule has 7 rings (SSSR count). The molecule has 2 aliphatic heterocycles. The van der Waals surface area contributed by atoms with Crippen LogP contribution in [0.15, 0.2) is 121 Å². The molecule has 5 aromatic rings. The molecular weight excluding hydrogens is 626 g/mol. The van der Waals surface area contributed by atoms with Crippen LogP contribution in [0, 0.1) is 5.92 Å². The molecule has 2 amide bonds. The molecule has 0 saturated carbocycles. The summed E-state index contributed by atoms with van der Waals surface area (Å²) in [6, 6.07) is 37.0. The van der Waals surface area contributed by atoms with Crippen LogP contribution in [0.25, 0.3) is 11.1 Å². The average molecular weight is 668 g/mol. The quantitative estimate of drug-likeness (QED) is 0.152. The number of hydrogen-bond acceptors (Lipinski definition) is 7. The Morgan fingerprint density at radius 2 is 1.46 bits per heavy atom. The normalized spacial score (nSPS) is 20.4. The number of rotatable bonds is 11. The van der Waals surface area contributed by atoms with E-state index in [-0.39, 0.29) is 43.1 Å². The SMILES string of the molecule is C[C@@H]1[C@H](CN(C)CCc2ccccn2)O[C@H](c2cccc(-c3cccc(CN4C(=O)c5ccccc5C4=O)c3)c2)O[C@@H]1c1ccc(CO)cc1. The van der Waals surface area contributed by atoms with Gasteiger partial charge in [-0.3, -0.25) is 19.5 Å². The van der Waals surface area contributed by atoms with Gasteiger partial charge in [0.2, 0.25) is 0 Å². The minimum atomic E-state index is -0.607. The molecule has 3 heterocycles. The first-order valence-corrected chi connectivity index (χ1v) is 17.1. The first kappa shape index (κ1) is 33.5. The van der Waals surface area contributed by atoms with Gasteiger partial charge in [-0.25, -0.2) is 0 Å². The van der Waals surface area contributed by atoms with Gasteiger partial charge >= 0.3 is 0 Å². The van der Waals surface area contributed by atoms with Crippen LogP contribution in [-0.2, 0) is 29.0 Å². The van der Waals surface area contributed by atoms with Crippen LogP contribution in [-0.4, -0.2) is 57.9 Å². The van der Waals surface area contributed by atoms with E-state index >= 15 is 0 Å². The van der Waals surface area contributed by atoms with Gasteiger partial charge in [0.1, 0.15) is 0 Å². The van der Waals surface area contributed by atoms with E-state index in [0.717, 1.165) is 58.6 Å². The van der Waals surface area contributed by atoms with Gasteiger partial charge < -0.3 is 19.5 Å². The molecular formula is C42H41N3O5. The summed E-state index contributed by atoms with van der Waals surface area (Å²) in [4.78, 5) is 34.1. The molecule has 0 unspecified atom stereocenters. The molecule has 2 aliphatic rings. The summed E-state index contributed by atoms with van der Waals surface area (Å²) in [5, 5.41) is 9.63. The third kappa shape index (κ3) is 7.15. The predicted molar refractivity (Wildman–Crippen MR) is 191 cm³/mol. The minimum Gasteiger partial charge on any atom is -0.392 e. The maximum atomic E-state index is 13.0. The molecule has 50 heavy (non-hydrogen) atoms. The molecule has 254 valence electrons. The largest absolute Gasteiger partial charge is 0.392 e. The Balaban J connectivity index is 1.11. The Kier molecular flexibility index (Phi) is 9.96. The molecule has 0 radical (unpaired) electrons. The van der Waals surface area contributed by atoms with Gasteiger partial charge in [-0.1, -0.05) is 85.8 Å². The smallest absolute Gasteiger partial charge is 0.261 e. The van der Waals surface area contributed by atoms with Crippen LogP contribution in [0.1, 0.15) is 68.0 Å². The summed E-state index contributed by atoms with van der Waals surface area (Å²) in [5.41, 5.74) is 7.56. The lowest BCUT2D eigenvalue weighted by molar-refractivity contribution is -0.275. The topological polar surface area (TPSA) is 92.2 Å². The lowest BCUT2D eigenvalue weighted by atomic mass is 9.90. The van der Waals surface area contributed by atoms with Crippen LogP contribution >= 0.6 is 0 Å². The lowest BCUT2D eigenvalue weighted by Gasteiger charge is -2.42. The zero-order valence-electron chi connectivity index (χ0n) is 28.3. The van der Waals surface area contributed by atoms with Crippen molar-refractivity contribution in [2.24, 2.45) is 5.92 Å². The number of amides is 2. The number of aromatic nitrogens is 1. The zero-order valence-corrected chi connectivity index (χ0v) is 28.3. The standard InChI is InChI=1S/C42H41N3O5/c1-28-38(26-44(2)22-20-35-13-5-6-21-43-35)49-42(50-39(28)31-18-16-29(27-46)17-19-31)34-12-8-11-33(24-34)32-10-7-9-30(23-32)25-45-40(47)36-14-3-4-15-37(36)41(45)48/h3-19,21,23-24,28,38-39,42,46H,20,22,25-27H2,1-2H3/t28-,38+,39+,42+/m1/s1. The minimum absolute atomic E-state index is 0.0108. The van der Waals surface area contributed by atoms with E-state index in [1.54, 1.807) is 24.3 Å². The van der Waals surface area contributed by atoms with Crippen LogP contribution in [0.3, 0.4) is 0 Å². The number of imide groups is 1.